The smallest absolute Gasteiger partial charge is 0.408 e. The van der Waals surface area contributed by atoms with E-state index in [1.54, 1.807) is 7.11 Å². The van der Waals surface area contributed by atoms with Crippen molar-refractivity contribution in [2.45, 2.75) is 53.2 Å². The summed E-state index contributed by atoms with van der Waals surface area (Å²) >= 11 is 0. The number of methoxy groups -OCH3 is 1. The van der Waals surface area contributed by atoms with E-state index in [1.807, 2.05) is 62.9 Å². The molecule has 0 heterocycles. The number of benzene rings is 1. The number of carbonyl (C=O) groups excluding carboxylic acids is 2. The van der Waals surface area contributed by atoms with E-state index in [4.69, 9.17) is 9.47 Å². The molecule has 2 amide bonds. The largest absolute Gasteiger partial charge is 0.444 e. The van der Waals surface area contributed by atoms with Crippen molar-refractivity contribution in [2.24, 2.45) is 11.8 Å². The molecule has 158 valence electrons. The Labute approximate surface area is 169 Å². The van der Waals surface area contributed by atoms with E-state index in [0.29, 0.717) is 25.6 Å². The fourth-order valence-electron chi connectivity index (χ4n) is 2.96. The number of ether oxygens (including phenoxy) is 2. The Morgan fingerprint density at radius 2 is 1.71 bits per heavy atom. The maximum Gasteiger partial charge on any atom is 0.408 e. The molecule has 0 spiro atoms. The fourth-order valence-corrected chi connectivity index (χ4v) is 2.96. The molecule has 0 bridgehead atoms. The van der Waals surface area contributed by atoms with Crippen LogP contribution in [0.15, 0.2) is 30.3 Å². The van der Waals surface area contributed by atoms with Crippen LogP contribution in [0.2, 0.25) is 0 Å². The SMILES string of the molecule is COCCN(CC(C)C)C(=O)[C@@H](C)[C@H](NC(=O)OC(C)(C)C)c1ccccc1. The maximum atomic E-state index is 13.2. The van der Waals surface area contributed by atoms with Crippen molar-refractivity contribution in [3.63, 3.8) is 0 Å². The predicted molar refractivity (Wildman–Crippen MR) is 111 cm³/mol. The normalized spacial score (nSPS) is 13.7. The van der Waals surface area contributed by atoms with Gasteiger partial charge in [-0.15, -0.1) is 0 Å². The van der Waals surface area contributed by atoms with Crippen LogP contribution in [0.3, 0.4) is 0 Å². The molecule has 6 heteroatoms. The summed E-state index contributed by atoms with van der Waals surface area (Å²) in [6.07, 6.45) is -0.534. The summed E-state index contributed by atoms with van der Waals surface area (Å²) in [7, 11) is 1.62. The molecule has 0 radical (unpaired) electrons. The van der Waals surface area contributed by atoms with Crippen molar-refractivity contribution in [3.05, 3.63) is 35.9 Å². The van der Waals surface area contributed by atoms with Crippen LogP contribution in [0.25, 0.3) is 0 Å². The van der Waals surface area contributed by atoms with E-state index in [2.05, 4.69) is 19.2 Å². The summed E-state index contributed by atoms with van der Waals surface area (Å²) in [4.78, 5) is 27.5. The number of hydrogen-bond donors (Lipinski definition) is 1. The van der Waals surface area contributed by atoms with Crippen LogP contribution in [0.4, 0.5) is 4.79 Å². The minimum atomic E-state index is -0.610. The second-order valence-electron chi connectivity index (χ2n) is 8.49. The van der Waals surface area contributed by atoms with Gasteiger partial charge in [-0.1, -0.05) is 51.1 Å². The molecule has 1 aromatic carbocycles. The van der Waals surface area contributed by atoms with E-state index in [0.717, 1.165) is 5.56 Å². The summed E-state index contributed by atoms with van der Waals surface area (Å²) in [6, 6.07) is 9.03. The van der Waals surface area contributed by atoms with Gasteiger partial charge < -0.3 is 19.7 Å². The van der Waals surface area contributed by atoms with Gasteiger partial charge in [-0.25, -0.2) is 4.79 Å². The minimum absolute atomic E-state index is 0.0179. The van der Waals surface area contributed by atoms with Crippen LogP contribution in [0.1, 0.15) is 53.1 Å². The average molecular weight is 393 g/mol. The molecule has 0 aliphatic carbocycles. The standard InChI is InChI=1S/C22H36N2O4/c1-16(2)15-24(13-14-27-7)20(25)17(3)19(18-11-9-8-10-12-18)23-21(26)28-22(4,5)6/h8-12,16-17,19H,13-15H2,1-7H3,(H,23,26)/t17-,19-/m0/s1. The number of rotatable bonds is 9. The Morgan fingerprint density at radius 1 is 1.11 bits per heavy atom. The summed E-state index contributed by atoms with van der Waals surface area (Å²) in [6.45, 7) is 13.1. The third-order valence-corrected chi connectivity index (χ3v) is 4.18. The van der Waals surface area contributed by atoms with Crippen molar-refractivity contribution in [1.29, 1.82) is 0 Å². The summed E-state index contributed by atoms with van der Waals surface area (Å²) in [5.41, 5.74) is 0.256. The fraction of sp³-hybridized carbons (Fsp3) is 0.636. The molecule has 0 aliphatic heterocycles. The summed E-state index contributed by atoms with van der Waals surface area (Å²) in [5, 5.41) is 2.89. The number of alkyl carbamates (subject to hydrolysis) is 1. The lowest BCUT2D eigenvalue weighted by molar-refractivity contribution is -0.137. The molecule has 0 fully saturated rings. The lowest BCUT2D eigenvalue weighted by atomic mass is 9.93. The first kappa shape index (κ1) is 24.0. The van der Waals surface area contributed by atoms with Gasteiger partial charge in [0, 0.05) is 20.2 Å². The molecule has 1 N–H and O–H groups in total. The first-order chi connectivity index (χ1) is 13.0. The monoisotopic (exact) mass is 392 g/mol. The Hall–Kier alpha value is -2.08. The van der Waals surface area contributed by atoms with Gasteiger partial charge in [-0.3, -0.25) is 4.79 Å². The van der Waals surface area contributed by atoms with Crippen molar-refractivity contribution in [2.75, 3.05) is 26.8 Å². The average Bonchev–Trinajstić information content (AvgIpc) is 2.61. The van der Waals surface area contributed by atoms with Gasteiger partial charge in [-0.05, 0) is 32.3 Å². The molecule has 0 aliphatic rings. The molecular formula is C22H36N2O4. The van der Waals surface area contributed by atoms with E-state index >= 15 is 0 Å². The zero-order chi connectivity index (χ0) is 21.3. The molecular weight excluding hydrogens is 356 g/mol. The van der Waals surface area contributed by atoms with Crippen LogP contribution in [-0.2, 0) is 14.3 Å². The lowest BCUT2D eigenvalue weighted by Crippen LogP contribution is -2.45. The molecule has 0 aromatic heterocycles. The van der Waals surface area contributed by atoms with E-state index in [1.165, 1.54) is 0 Å². The number of nitrogens with zero attached hydrogens (tertiary/aromatic N) is 1. The molecule has 1 aromatic rings. The topological polar surface area (TPSA) is 67.9 Å². The highest BCUT2D eigenvalue weighted by Crippen LogP contribution is 2.25. The highest BCUT2D eigenvalue weighted by Gasteiger charge is 2.31. The number of hydrogen-bond acceptors (Lipinski definition) is 4. The Bertz CT molecular complexity index is 611. The number of amides is 2. The molecule has 0 unspecified atom stereocenters. The Morgan fingerprint density at radius 3 is 2.21 bits per heavy atom. The third-order valence-electron chi connectivity index (χ3n) is 4.18. The zero-order valence-corrected chi connectivity index (χ0v) is 18.3. The van der Waals surface area contributed by atoms with Crippen LogP contribution < -0.4 is 5.32 Å². The highest BCUT2D eigenvalue weighted by atomic mass is 16.6. The molecule has 28 heavy (non-hydrogen) atoms. The lowest BCUT2D eigenvalue weighted by Gasteiger charge is -2.32. The quantitative estimate of drug-likeness (QED) is 0.689. The summed E-state index contributed by atoms with van der Waals surface area (Å²) < 4.78 is 10.6. The van der Waals surface area contributed by atoms with Crippen LogP contribution in [0, 0.1) is 11.8 Å². The van der Waals surface area contributed by atoms with Gasteiger partial charge >= 0.3 is 6.09 Å². The Kier molecular flexibility index (Phi) is 9.46. The van der Waals surface area contributed by atoms with Gasteiger partial charge in [0.25, 0.3) is 0 Å². The predicted octanol–water partition coefficient (Wildman–Crippen LogP) is 4.02. The molecule has 6 nitrogen and oxygen atoms in total. The minimum Gasteiger partial charge on any atom is -0.444 e. The van der Waals surface area contributed by atoms with Crippen molar-refractivity contribution in [1.82, 2.24) is 10.2 Å². The second kappa shape index (κ2) is 11.1. The first-order valence-corrected chi connectivity index (χ1v) is 9.87. The highest BCUT2D eigenvalue weighted by molar-refractivity contribution is 5.80. The van der Waals surface area contributed by atoms with E-state index < -0.39 is 23.7 Å². The first-order valence-electron chi connectivity index (χ1n) is 9.87. The third kappa shape index (κ3) is 8.30. The maximum absolute atomic E-state index is 13.2. The van der Waals surface area contributed by atoms with Crippen LogP contribution in [0.5, 0.6) is 0 Å². The molecule has 0 saturated carbocycles. The van der Waals surface area contributed by atoms with Gasteiger partial charge in [0.15, 0.2) is 0 Å². The van der Waals surface area contributed by atoms with Crippen LogP contribution >= 0.6 is 0 Å². The number of nitrogens with one attached hydrogen (secondary N) is 1. The zero-order valence-electron chi connectivity index (χ0n) is 18.3. The van der Waals surface area contributed by atoms with E-state index in [-0.39, 0.29) is 5.91 Å². The van der Waals surface area contributed by atoms with Gasteiger partial charge in [0.2, 0.25) is 5.91 Å². The van der Waals surface area contributed by atoms with Gasteiger partial charge in [0.1, 0.15) is 5.60 Å². The van der Waals surface area contributed by atoms with Gasteiger partial charge in [0.05, 0.1) is 18.6 Å². The molecule has 2 atom stereocenters. The van der Waals surface area contributed by atoms with Crippen molar-refractivity contribution >= 4 is 12.0 Å². The second-order valence-corrected chi connectivity index (χ2v) is 8.49. The molecule has 0 saturated heterocycles. The van der Waals surface area contributed by atoms with Crippen molar-refractivity contribution in [3.8, 4) is 0 Å². The van der Waals surface area contributed by atoms with E-state index in [9.17, 15) is 9.59 Å². The van der Waals surface area contributed by atoms with Crippen LogP contribution in [-0.4, -0.2) is 49.3 Å². The molecule has 1 rings (SSSR count). The van der Waals surface area contributed by atoms with Gasteiger partial charge in [-0.2, -0.15) is 0 Å². The number of carbonyl (C=O) groups is 2. The Balaban J connectivity index is 3.06. The summed E-state index contributed by atoms with van der Waals surface area (Å²) in [5.74, 6) is -0.136. The van der Waals surface area contributed by atoms with Crippen molar-refractivity contribution < 1.29 is 19.1 Å².